The second-order valence-electron chi connectivity index (χ2n) is 6.10. The fraction of sp³-hybridized carbons (Fsp3) is 0.250. The summed E-state index contributed by atoms with van der Waals surface area (Å²) in [5.41, 5.74) is 2.92. The molecule has 0 aliphatic rings. The number of nitrogens with two attached hydrogens (primary N) is 1. The van der Waals surface area contributed by atoms with E-state index in [0.717, 1.165) is 16.7 Å². The van der Waals surface area contributed by atoms with Crippen LogP contribution in [0, 0.1) is 0 Å². The highest BCUT2D eigenvalue weighted by Crippen LogP contribution is 2.36. The second-order valence-corrected chi connectivity index (χ2v) is 7.66. The lowest BCUT2D eigenvalue weighted by Gasteiger charge is -2.12. The summed E-state index contributed by atoms with van der Waals surface area (Å²) < 4.78 is 39.8. The van der Waals surface area contributed by atoms with Crippen molar-refractivity contribution in [3.63, 3.8) is 0 Å². The molecule has 8 heteroatoms. The van der Waals surface area contributed by atoms with E-state index >= 15 is 0 Å². The van der Waals surface area contributed by atoms with Gasteiger partial charge in [0.05, 0.1) is 17.1 Å². The predicted molar refractivity (Wildman–Crippen MR) is 105 cm³/mol. The Morgan fingerprint density at radius 2 is 1.71 bits per heavy atom. The molecule has 0 amide bonds. The third kappa shape index (κ3) is 4.66. The molecular weight excluding hydrogens is 380 g/mol. The minimum absolute atomic E-state index is 0.0386. The summed E-state index contributed by atoms with van der Waals surface area (Å²) in [5.74, 6) is 0.576. The Kier molecular flexibility index (Phi) is 6.25. The van der Waals surface area contributed by atoms with E-state index in [4.69, 9.17) is 19.1 Å². The first-order valence-corrected chi connectivity index (χ1v) is 10.3. The van der Waals surface area contributed by atoms with Gasteiger partial charge in [-0.25, -0.2) is 13.6 Å². The monoisotopic (exact) mass is 402 g/mol. The summed E-state index contributed by atoms with van der Waals surface area (Å²) in [6, 6.07) is 15.8. The summed E-state index contributed by atoms with van der Waals surface area (Å²) in [6.45, 7) is 4.42. The number of benzene rings is 2. The topological polar surface area (TPSA) is 105 Å². The van der Waals surface area contributed by atoms with Crippen LogP contribution in [0.1, 0.15) is 19.5 Å². The van der Waals surface area contributed by atoms with Gasteiger partial charge in [-0.1, -0.05) is 47.6 Å². The normalized spacial score (nSPS) is 12.8. The fourth-order valence-corrected chi connectivity index (χ4v) is 3.31. The van der Waals surface area contributed by atoms with Gasteiger partial charge in [0.1, 0.15) is 5.69 Å². The molecule has 0 aliphatic carbocycles. The van der Waals surface area contributed by atoms with Crippen molar-refractivity contribution in [2.45, 2.75) is 31.6 Å². The number of ether oxygens (including phenoxy) is 2. The predicted octanol–water partition coefficient (Wildman–Crippen LogP) is 3.56. The molecule has 0 saturated carbocycles. The van der Waals surface area contributed by atoms with Crippen molar-refractivity contribution in [2.75, 3.05) is 6.61 Å². The van der Waals surface area contributed by atoms with Crippen molar-refractivity contribution >= 4 is 10.0 Å². The Morgan fingerprint density at radius 3 is 2.32 bits per heavy atom. The van der Waals surface area contributed by atoms with Crippen LogP contribution in [0.3, 0.4) is 0 Å². The first kappa shape index (κ1) is 20.2. The van der Waals surface area contributed by atoms with E-state index < -0.39 is 10.0 Å². The van der Waals surface area contributed by atoms with Crippen molar-refractivity contribution < 1.29 is 22.4 Å². The average molecular weight is 402 g/mol. The van der Waals surface area contributed by atoms with Crippen LogP contribution in [0.2, 0.25) is 0 Å². The third-order valence-electron chi connectivity index (χ3n) is 4.13. The molecule has 2 N–H and O–H groups in total. The highest BCUT2D eigenvalue weighted by atomic mass is 32.2. The van der Waals surface area contributed by atoms with Crippen molar-refractivity contribution in [3.05, 3.63) is 60.3 Å². The van der Waals surface area contributed by atoms with Crippen molar-refractivity contribution in [1.82, 2.24) is 5.16 Å². The van der Waals surface area contributed by atoms with Crippen LogP contribution in [0.15, 0.2) is 64.0 Å². The van der Waals surface area contributed by atoms with Gasteiger partial charge in [0, 0.05) is 12.2 Å². The molecule has 2 aromatic carbocycles. The number of nitrogens with zero attached hydrogens (tertiary/aromatic N) is 1. The van der Waals surface area contributed by atoms with E-state index in [2.05, 4.69) is 5.16 Å². The third-order valence-corrected chi connectivity index (χ3v) is 5.06. The molecule has 148 valence electrons. The van der Waals surface area contributed by atoms with Crippen molar-refractivity contribution in [2.24, 2.45) is 5.14 Å². The van der Waals surface area contributed by atoms with Gasteiger partial charge in [0.15, 0.2) is 12.1 Å². The van der Waals surface area contributed by atoms with Crippen LogP contribution < -0.4 is 5.14 Å². The highest BCUT2D eigenvalue weighted by molar-refractivity contribution is 7.89. The Labute approximate surface area is 164 Å². The molecule has 28 heavy (non-hydrogen) atoms. The molecule has 1 atom stereocenters. The van der Waals surface area contributed by atoms with E-state index in [0.29, 0.717) is 18.1 Å². The summed E-state index contributed by atoms with van der Waals surface area (Å²) in [6.07, 6.45) is -0.389. The van der Waals surface area contributed by atoms with Crippen molar-refractivity contribution in [1.29, 1.82) is 0 Å². The lowest BCUT2D eigenvalue weighted by molar-refractivity contribution is -0.135. The van der Waals surface area contributed by atoms with Crippen LogP contribution in [0.5, 0.6) is 0 Å². The van der Waals surface area contributed by atoms with Crippen LogP contribution in [-0.4, -0.2) is 26.5 Å². The van der Waals surface area contributed by atoms with Gasteiger partial charge in [-0.05, 0) is 31.5 Å². The number of rotatable bonds is 8. The fourth-order valence-electron chi connectivity index (χ4n) is 2.80. The first-order chi connectivity index (χ1) is 13.4. The lowest BCUT2D eigenvalue weighted by Crippen LogP contribution is -2.13. The molecule has 0 radical (unpaired) electrons. The van der Waals surface area contributed by atoms with Crippen molar-refractivity contribution in [3.8, 4) is 22.5 Å². The van der Waals surface area contributed by atoms with E-state index in [1.807, 2.05) is 44.2 Å². The van der Waals surface area contributed by atoms with E-state index in [1.165, 1.54) is 12.1 Å². The van der Waals surface area contributed by atoms with E-state index in [9.17, 15) is 8.42 Å². The zero-order chi connectivity index (χ0) is 20.1. The average Bonchev–Trinajstić information content (AvgIpc) is 3.11. The zero-order valence-electron chi connectivity index (χ0n) is 15.7. The smallest absolute Gasteiger partial charge is 0.238 e. The first-order valence-electron chi connectivity index (χ1n) is 8.80. The Balaban J connectivity index is 2.01. The molecule has 0 aliphatic heterocycles. The van der Waals surface area contributed by atoms with E-state index in [1.54, 1.807) is 12.1 Å². The number of hydrogen-bond donors (Lipinski definition) is 1. The number of primary sulfonamides is 1. The summed E-state index contributed by atoms with van der Waals surface area (Å²) >= 11 is 0. The summed E-state index contributed by atoms with van der Waals surface area (Å²) in [7, 11) is -3.77. The van der Waals surface area contributed by atoms with Gasteiger partial charge in [-0.2, -0.15) is 0 Å². The van der Waals surface area contributed by atoms with Crippen LogP contribution >= 0.6 is 0 Å². The molecular formula is C20H22N2O5S. The van der Waals surface area contributed by atoms with Gasteiger partial charge in [0.2, 0.25) is 10.0 Å². The molecule has 0 spiro atoms. The van der Waals surface area contributed by atoms with E-state index in [-0.39, 0.29) is 17.8 Å². The molecule has 3 aromatic rings. The zero-order valence-corrected chi connectivity index (χ0v) is 16.5. The highest BCUT2D eigenvalue weighted by Gasteiger charge is 2.21. The molecule has 1 aromatic heterocycles. The minimum Gasteiger partial charge on any atom is -0.355 e. The molecule has 0 fully saturated rings. The van der Waals surface area contributed by atoms with Crippen LogP contribution in [-0.2, 0) is 26.1 Å². The van der Waals surface area contributed by atoms with Crippen LogP contribution in [0.4, 0.5) is 0 Å². The Hall–Kier alpha value is -2.52. The summed E-state index contributed by atoms with van der Waals surface area (Å²) in [5, 5.41) is 9.37. The molecule has 3 rings (SSSR count). The molecule has 0 saturated heterocycles. The number of sulfonamides is 1. The SMILES string of the molecule is CCOC(C)OCc1noc(-c2ccccc2)c1-c1ccc(S(N)(=O)=O)cc1. The number of hydrogen-bond acceptors (Lipinski definition) is 6. The second kappa shape index (κ2) is 8.66. The maximum Gasteiger partial charge on any atom is 0.238 e. The molecule has 7 nitrogen and oxygen atoms in total. The maximum absolute atomic E-state index is 11.5. The van der Waals surface area contributed by atoms with Gasteiger partial charge in [-0.15, -0.1) is 0 Å². The standard InChI is InChI=1S/C20H22N2O5S/c1-3-25-14(2)26-13-18-19(15-9-11-17(12-10-15)28(21,23)24)20(27-22-18)16-7-5-4-6-8-16/h4-12,14H,3,13H2,1-2H3,(H2,21,23,24). The molecule has 0 bridgehead atoms. The maximum atomic E-state index is 11.5. The Morgan fingerprint density at radius 1 is 1.04 bits per heavy atom. The quantitative estimate of drug-likeness (QED) is 0.578. The minimum atomic E-state index is -3.77. The number of aromatic nitrogens is 1. The summed E-state index contributed by atoms with van der Waals surface area (Å²) in [4.78, 5) is 0.0386. The van der Waals surface area contributed by atoms with Crippen LogP contribution in [0.25, 0.3) is 22.5 Å². The molecule has 1 unspecified atom stereocenters. The van der Waals surface area contributed by atoms with Gasteiger partial charge < -0.3 is 14.0 Å². The van der Waals surface area contributed by atoms with Gasteiger partial charge in [-0.3, -0.25) is 0 Å². The van der Waals surface area contributed by atoms with Gasteiger partial charge >= 0.3 is 0 Å². The molecule has 1 heterocycles. The lowest BCUT2D eigenvalue weighted by atomic mass is 10.00. The van der Waals surface area contributed by atoms with Gasteiger partial charge in [0.25, 0.3) is 0 Å². The largest absolute Gasteiger partial charge is 0.355 e. The Bertz CT molecular complexity index is 1010.